The van der Waals surface area contributed by atoms with Gasteiger partial charge in [0.1, 0.15) is 5.75 Å². The number of nitrogens with one attached hydrogen (secondary N) is 1. The van der Waals surface area contributed by atoms with Crippen molar-refractivity contribution in [3.8, 4) is 11.6 Å². The van der Waals surface area contributed by atoms with Crippen molar-refractivity contribution in [2.45, 2.75) is 13.3 Å². The molecule has 0 aliphatic carbocycles. The number of benzene rings is 1. The van der Waals surface area contributed by atoms with Gasteiger partial charge in [-0.05, 0) is 18.1 Å². The second-order valence-corrected chi connectivity index (χ2v) is 3.31. The van der Waals surface area contributed by atoms with E-state index in [1.807, 2.05) is 31.2 Å². The van der Waals surface area contributed by atoms with Crippen molar-refractivity contribution in [1.82, 2.24) is 9.97 Å². The number of H-pyrrole nitrogens is 1. The molecule has 0 aliphatic rings. The quantitative estimate of drug-likeness (QED) is 0.855. The Morgan fingerprint density at radius 3 is 2.94 bits per heavy atom. The minimum Gasteiger partial charge on any atom is -0.438 e. The van der Waals surface area contributed by atoms with Gasteiger partial charge in [-0.1, -0.05) is 25.1 Å². The van der Waals surface area contributed by atoms with Crippen molar-refractivity contribution in [2.24, 2.45) is 0 Å². The van der Waals surface area contributed by atoms with Crippen molar-refractivity contribution >= 4 is 0 Å². The highest BCUT2D eigenvalue weighted by Crippen LogP contribution is 2.22. The van der Waals surface area contributed by atoms with Gasteiger partial charge in [0, 0.05) is 0 Å². The van der Waals surface area contributed by atoms with Crippen LogP contribution in [0, 0.1) is 0 Å². The first-order chi connectivity index (χ1) is 7.79. The number of aromatic nitrogens is 2. The predicted octanol–water partition coefficient (Wildman–Crippen LogP) is 2.12. The van der Waals surface area contributed by atoms with Gasteiger partial charge in [0.2, 0.25) is 5.88 Å². The summed E-state index contributed by atoms with van der Waals surface area (Å²) in [6.45, 7) is 2.05. The van der Waals surface area contributed by atoms with E-state index in [9.17, 15) is 4.79 Å². The molecule has 0 fully saturated rings. The summed E-state index contributed by atoms with van der Waals surface area (Å²) in [6, 6.07) is 9.02. The molecule has 4 heteroatoms. The summed E-state index contributed by atoms with van der Waals surface area (Å²) >= 11 is 0. The van der Waals surface area contributed by atoms with Crippen molar-refractivity contribution in [3.63, 3.8) is 0 Å². The average Bonchev–Trinajstić information content (AvgIpc) is 2.30. The Hall–Kier alpha value is -2.10. The van der Waals surface area contributed by atoms with Gasteiger partial charge >= 0.3 is 0 Å². The second-order valence-electron chi connectivity index (χ2n) is 3.31. The molecule has 2 aromatic rings. The third-order valence-corrected chi connectivity index (χ3v) is 2.22. The lowest BCUT2D eigenvalue weighted by Crippen LogP contribution is -2.04. The van der Waals surface area contributed by atoms with Gasteiger partial charge in [0.05, 0.1) is 12.4 Å². The average molecular weight is 216 g/mol. The molecule has 1 N–H and O–H groups in total. The second kappa shape index (κ2) is 4.61. The van der Waals surface area contributed by atoms with Crippen molar-refractivity contribution < 1.29 is 4.74 Å². The van der Waals surface area contributed by atoms with Crippen LogP contribution in [0.25, 0.3) is 0 Å². The first-order valence-electron chi connectivity index (χ1n) is 5.10. The minimum atomic E-state index is -0.223. The standard InChI is InChI=1S/C12H12N2O2/c1-2-9-5-3-4-6-10(9)16-12-7-11(15)13-8-14-12/h3-8H,2H2,1H3,(H,13,14,15). The number of nitrogens with zero attached hydrogens (tertiary/aromatic N) is 1. The third-order valence-electron chi connectivity index (χ3n) is 2.22. The van der Waals surface area contributed by atoms with Crippen LogP contribution in [0.4, 0.5) is 0 Å². The zero-order valence-electron chi connectivity index (χ0n) is 8.93. The van der Waals surface area contributed by atoms with Crippen LogP contribution in [-0.2, 0) is 6.42 Å². The van der Waals surface area contributed by atoms with E-state index in [4.69, 9.17) is 4.74 Å². The Morgan fingerprint density at radius 2 is 2.19 bits per heavy atom. The summed E-state index contributed by atoms with van der Waals surface area (Å²) in [5.41, 5.74) is 0.864. The summed E-state index contributed by atoms with van der Waals surface area (Å²) in [6.07, 6.45) is 2.20. The van der Waals surface area contributed by atoms with Crippen LogP contribution in [0.3, 0.4) is 0 Å². The molecule has 82 valence electrons. The monoisotopic (exact) mass is 216 g/mol. The molecule has 1 aromatic heterocycles. The van der Waals surface area contributed by atoms with Crippen molar-refractivity contribution in [3.05, 3.63) is 52.6 Å². The van der Waals surface area contributed by atoms with E-state index in [-0.39, 0.29) is 5.56 Å². The molecule has 1 heterocycles. The van der Waals surface area contributed by atoms with Crippen LogP contribution in [0.5, 0.6) is 11.6 Å². The van der Waals surface area contributed by atoms with E-state index in [0.717, 1.165) is 17.7 Å². The normalized spacial score (nSPS) is 10.1. The van der Waals surface area contributed by atoms with Crippen LogP contribution in [0.15, 0.2) is 41.5 Å². The van der Waals surface area contributed by atoms with E-state index in [1.165, 1.54) is 12.4 Å². The molecule has 0 radical (unpaired) electrons. The van der Waals surface area contributed by atoms with Crippen LogP contribution < -0.4 is 10.3 Å². The molecule has 0 unspecified atom stereocenters. The molecule has 0 amide bonds. The van der Waals surface area contributed by atoms with Gasteiger partial charge in [-0.2, -0.15) is 0 Å². The molecule has 0 aliphatic heterocycles. The maximum Gasteiger partial charge on any atom is 0.254 e. The Bertz CT molecular complexity index is 534. The zero-order valence-corrected chi connectivity index (χ0v) is 8.93. The molecule has 0 saturated heterocycles. The number of rotatable bonds is 3. The van der Waals surface area contributed by atoms with Crippen molar-refractivity contribution in [2.75, 3.05) is 0 Å². The van der Waals surface area contributed by atoms with Crippen LogP contribution in [0.1, 0.15) is 12.5 Å². The highest BCUT2D eigenvalue weighted by atomic mass is 16.5. The Morgan fingerprint density at radius 1 is 1.38 bits per heavy atom. The summed E-state index contributed by atoms with van der Waals surface area (Å²) in [7, 11) is 0. The fourth-order valence-corrected chi connectivity index (χ4v) is 1.41. The smallest absolute Gasteiger partial charge is 0.254 e. The van der Waals surface area contributed by atoms with E-state index in [2.05, 4.69) is 9.97 Å². The summed E-state index contributed by atoms with van der Waals surface area (Å²) in [4.78, 5) is 17.4. The first-order valence-corrected chi connectivity index (χ1v) is 5.10. The van der Waals surface area contributed by atoms with E-state index >= 15 is 0 Å². The lowest BCUT2D eigenvalue weighted by atomic mass is 10.1. The Labute approximate surface area is 92.9 Å². The number of aryl methyl sites for hydroxylation is 1. The van der Waals surface area contributed by atoms with Crippen molar-refractivity contribution in [1.29, 1.82) is 0 Å². The maximum absolute atomic E-state index is 11.1. The number of para-hydroxylation sites is 1. The largest absolute Gasteiger partial charge is 0.438 e. The topological polar surface area (TPSA) is 55.0 Å². The minimum absolute atomic E-state index is 0.223. The lowest BCUT2D eigenvalue weighted by molar-refractivity contribution is 0.455. The van der Waals surface area contributed by atoms with Crippen LogP contribution in [0.2, 0.25) is 0 Å². The summed E-state index contributed by atoms with van der Waals surface area (Å²) in [5.74, 6) is 1.05. The van der Waals surface area contributed by atoms with E-state index in [0.29, 0.717) is 5.88 Å². The fraction of sp³-hybridized carbons (Fsp3) is 0.167. The molecule has 16 heavy (non-hydrogen) atoms. The van der Waals surface area contributed by atoms with Crippen LogP contribution >= 0.6 is 0 Å². The molecule has 2 rings (SSSR count). The number of hydrogen-bond acceptors (Lipinski definition) is 3. The predicted molar refractivity (Wildman–Crippen MR) is 60.8 cm³/mol. The maximum atomic E-state index is 11.1. The number of ether oxygens (including phenoxy) is 1. The molecule has 0 saturated carbocycles. The SMILES string of the molecule is CCc1ccccc1Oc1cc(=O)[nH]cn1. The Balaban J connectivity index is 2.30. The van der Waals surface area contributed by atoms with Gasteiger partial charge in [0.15, 0.2) is 0 Å². The highest BCUT2D eigenvalue weighted by Gasteiger charge is 2.03. The lowest BCUT2D eigenvalue weighted by Gasteiger charge is -2.07. The van der Waals surface area contributed by atoms with Gasteiger partial charge in [-0.25, -0.2) is 4.98 Å². The highest BCUT2D eigenvalue weighted by molar-refractivity contribution is 5.35. The number of hydrogen-bond donors (Lipinski definition) is 1. The first kappa shape index (κ1) is 10.4. The summed E-state index contributed by atoms with van der Waals surface area (Å²) in [5, 5.41) is 0. The van der Waals surface area contributed by atoms with Gasteiger partial charge in [-0.15, -0.1) is 0 Å². The van der Waals surface area contributed by atoms with Gasteiger partial charge in [0.25, 0.3) is 5.56 Å². The molecular formula is C12H12N2O2. The van der Waals surface area contributed by atoms with Gasteiger partial charge in [-0.3, -0.25) is 4.79 Å². The molecular weight excluding hydrogens is 204 g/mol. The van der Waals surface area contributed by atoms with E-state index in [1.54, 1.807) is 0 Å². The van der Waals surface area contributed by atoms with E-state index < -0.39 is 0 Å². The fourth-order valence-electron chi connectivity index (χ4n) is 1.41. The molecule has 0 atom stereocenters. The third kappa shape index (κ3) is 2.28. The Kier molecular flexibility index (Phi) is 3.00. The molecule has 0 spiro atoms. The molecule has 0 bridgehead atoms. The number of aromatic amines is 1. The van der Waals surface area contributed by atoms with Crippen LogP contribution in [-0.4, -0.2) is 9.97 Å². The summed E-state index contributed by atoms with van der Waals surface area (Å²) < 4.78 is 5.55. The van der Waals surface area contributed by atoms with Gasteiger partial charge < -0.3 is 9.72 Å². The molecule has 1 aromatic carbocycles. The molecule has 4 nitrogen and oxygen atoms in total. The zero-order chi connectivity index (χ0) is 11.4.